The fourth-order valence-electron chi connectivity index (χ4n) is 4.08. The Kier molecular flexibility index (Phi) is 6.35. The van der Waals surface area contributed by atoms with E-state index in [0.29, 0.717) is 16.9 Å². The lowest BCUT2D eigenvalue weighted by atomic mass is 10.2. The Morgan fingerprint density at radius 3 is 2.63 bits per heavy atom. The Hall–Kier alpha value is -3.98. The molecule has 3 heterocycles. The summed E-state index contributed by atoms with van der Waals surface area (Å²) in [6.45, 7) is 1.78. The molecule has 0 radical (unpaired) electrons. The van der Waals surface area contributed by atoms with Gasteiger partial charge in [0.05, 0.1) is 26.6 Å². The van der Waals surface area contributed by atoms with Crippen molar-refractivity contribution in [3.8, 4) is 23.0 Å². The number of fused-ring (bicyclic) bond motifs is 5. The molecule has 0 saturated carbocycles. The number of methoxy groups -OCH3 is 2. The van der Waals surface area contributed by atoms with Crippen molar-refractivity contribution in [1.82, 2.24) is 19.6 Å². The molecule has 15 heteroatoms. The van der Waals surface area contributed by atoms with Crippen LogP contribution in [-0.4, -0.2) is 60.9 Å². The Labute approximate surface area is 215 Å². The van der Waals surface area contributed by atoms with Crippen LogP contribution >= 0.6 is 0 Å². The molecule has 2 aromatic carbocycles. The highest BCUT2D eigenvalue weighted by Crippen LogP contribution is 2.45. The van der Waals surface area contributed by atoms with Crippen LogP contribution in [0.4, 0.5) is 14.7 Å². The molecule has 1 aliphatic rings. The monoisotopic (exact) mass is 551 g/mol. The van der Waals surface area contributed by atoms with Crippen molar-refractivity contribution in [2.75, 3.05) is 25.8 Å². The lowest BCUT2D eigenvalue weighted by molar-refractivity contribution is -0.286. The molecule has 1 atom stereocenters. The molecule has 0 saturated heterocycles. The van der Waals surface area contributed by atoms with E-state index in [1.165, 1.54) is 23.8 Å². The van der Waals surface area contributed by atoms with Gasteiger partial charge in [0.2, 0.25) is 5.95 Å². The van der Waals surface area contributed by atoms with Gasteiger partial charge in [-0.2, -0.15) is 12.9 Å². The van der Waals surface area contributed by atoms with Crippen molar-refractivity contribution < 1.29 is 40.3 Å². The highest BCUT2D eigenvalue weighted by atomic mass is 32.2. The van der Waals surface area contributed by atoms with Crippen molar-refractivity contribution in [2.24, 2.45) is 0 Å². The average Bonchev–Trinajstić information content (AvgIpc) is 3.40. The third-order valence-corrected chi connectivity index (χ3v) is 6.27. The zero-order valence-electron chi connectivity index (χ0n) is 20.7. The van der Waals surface area contributed by atoms with E-state index in [4.69, 9.17) is 18.4 Å². The van der Waals surface area contributed by atoms with E-state index in [1.807, 2.05) is 0 Å². The molecule has 38 heavy (non-hydrogen) atoms. The maximum Gasteiger partial charge on any atom is 0.586 e. The minimum atomic E-state index is -3.84. The molecule has 1 N–H and O–H groups in total. The van der Waals surface area contributed by atoms with Crippen LogP contribution < -0.4 is 24.3 Å². The van der Waals surface area contributed by atoms with Crippen LogP contribution in [0, 0.1) is 0 Å². The van der Waals surface area contributed by atoms with Crippen LogP contribution in [0.1, 0.15) is 18.3 Å². The van der Waals surface area contributed by atoms with E-state index >= 15 is 0 Å². The summed E-state index contributed by atoms with van der Waals surface area (Å²) in [6, 6.07) is 8.14. The zero-order valence-corrected chi connectivity index (χ0v) is 21.5. The maximum absolute atomic E-state index is 13.9. The number of rotatable bonds is 9. The summed E-state index contributed by atoms with van der Waals surface area (Å²) in [5.74, 6) is 1.17. The summed E-state index contributed by atoms with van der Waals surface area (Å²) in [5, 5.41) is 7.98. The van der Waals surface area contributed by atoms with E-state index in [1.54, 1.807) is 32.2 Å². The van der Waals surface area contributed by atoms with Gasteiger partial charge < -0.3 is 24.3 Å². The molecule has 0 spiro atoms. The van der Waals surface area contributed by atoms with E-state index in [2.05, 4.69) is 25.1 Å². The maximum atomic E-state index is 13.9. The Balaban J connectivity index is 1.59. The second-order valence-electron chi connectivity index (χ2n) is 8.50. The van der Waals surface area contributed by atoms with Crippen molar-refractivity contribution in [2.45, 2.75) is 32.3 Å². The number of ether oxygens (including phenoxy) is 4. The van der Waals surface area contributed by atoms with Gasteiger partial charge in [0, 0.05) is 30.0 Å². The number of anilines is 1. The van der Waals surface area contributed by atoms with Crippen molar-refractivity contribution >= 4 is 32.6 Å². The van der Waals surface area contributed by atoms with Crippen molar-refractivity contribution in [1.29, 1.82) is 0 Å². The molecular weight excluding hydrogens is 528 g/mol. The summed E-state index contributed by atoms with van der Waals surface area (Å²) >= 11 is 0. The van der Waals surface area contributed by atoms with E-state index < -0.39 is 22.5 Å². The summed E-state index contributed by atoms with van der Waals surface area (Å²) in [5.41, 5.74) is 1.11. The van der Waals surface area contributed by atoms with Crippen molar-refractivity contribution in [3.63, 3.8) is 0 Å². The van der Waals surface area contributed by atoms with Crippen LogP contribution in [0.15, 0.2) is 30.3 Å². The quantitative estimate of drug-likeness (QED) is 0.307. The molecule has 2 aromatic heterocycles. The molecule has 0 fully saturated rings. The van der Waals surface area contributed by atoms with Crippen LogP contribution in [0.2, 0.25) is 0 Å². The Morgan fingerprint density at radius 1 is 1.13 bits per heavy atom. The van der Waals surface area contributed by atoms with Crippen LogP contribution in [0.3, 0.4) is 0 Å². The minimum absolute atomic E-state index is 0.0601. The standard InChI is InChI=1S/C23H23F2N5O7S/c1-12(37-38(4,31)32)9-18-27-21-15-7-8-16-20(36-23(24,25)35-16)19(15)28-22(30(21)29-18)26-11-13-5-6-14(33-2)10-17(13)34-3/h5-8,10,12H,9,11H2,1-4H3,(H,26,28)/t12-/m1/s1. The molecule has 0 amide bonds. The van der Waals surface area contributed by atoms with Gasteiger partial charge in [0.15, 0.2) is 23.0 Å². The van der Waals surface area contributed by atoms with Gasteiger partial charge in [-0.1, -0.05) is 0 Å². The molecule has 0 aliphatic carbocycles. The molecule has 12 nitrogen and oxygen atoms in total. The van der Waals surface area contributed by atoms with Gasteiger partial charge in [-0.25, -0.2) is 9.97 Å². The van der Waals surface area contributed by atoms with E-state index in [0.717, 1.165) is 11.8 Å². The van der Waals surface area contributed by atoms with Crippen LogP contribution in [0.5, 0.6) is 23.0 Å². The number of benzene rings is 2. The Morgan fingerprint density at radius 2 is 1.92 bits per heavy atom. The smallest absolute Gasteiger partial charge is 0.497 e. The number of nitrogens with zero attached hydrogens (tertiary/aromatic N) is 4. The van der Waals surface area contributed by atoms with Crippen LogP contribution in [-0.2, 0) is 27.3 Å². The fourth-order valence-corrected chi connectivity index (χ4v) is 4.75. The number of hydrogen-bond donors (Lipinski definition) is 1. The van der Waals surface area contributed by atoms with E-state index in [9.17, 15) is 17.2 Å². The molecule has 0 bridgehead atoms. The number of nitrogens with one attached hydrogen (secondary N) is 1. The van der Waals surface area contributed by atoms with Crippen LogP contribution in [0.25, 0.3) is 16.6 Å². The van der Waals surface area contributed by atoms with Gasteiger partial charge >= 0.3 is 6.29 Å². The summed E-state index contributed by atoms with van der Waals surface area (Å²) in [4.78, 5) is 9.03. The molecular formula is C23H23F2N5O7S. The van der Waals surface area contributed by atoms with E-state index in [-0.39, 0.29) is 47.4 Å². The number of halogens is 2. The third kappa shape index (κ3) is 5.06. The van der Waals surface area contributed by atoms with Gasteiger partial charge in [-0.3, -0.25) is 4.18 Å². The number of aromatic nitrogens is 4. The van der Waals surface area contributed by atoms with Gasteiger partial charge in [-0.05, 0) is 31.2 Å². The normalized spacial score (nSPS) is 15.1. The van der Waals surface area contributed by atoms with Gasteiger partial charge in [-0.15, -0.1) is 13.9 Å². The molecule has 202 valence electrons. The lowest BCUT2D eigenvalue weighted by Crippen LogP contribution is -2.26. The first-order valence-electron chi connectivity index (χ1n) is 11.3. The SMILES string of the molecule is COc1ccc(CNc2nc3c4c(ccc3c3nc(C[C@@H](C)OS(C)(=O)=O)nn23)OC(F)(F)O4)c(OC)c1. The summed E-state index contributed by atoms with van der Waals surface area (Å²) in [6.07, 6.45) is -3.58. The largest absolute Gasteiger partial charge is 0.586 e. The predicted molar refractivity (Wildman–Crippen MR) is 130 cm³/mol. The van der Waals surface area contributed by atoms with Gasteiger partial charge in [0.25, 0.3) is 10.1 Å². The number of alkyl halides is 2. The fraction of sp³-hybridized carbons (Fsp3) is 0.348. The minimum Gasteiger partial charge on any atom is -0.497 e. The molecule has 1 aliphatic heterocycles. The average molecular weight is 552 g/mol. The first-order valence-corrected chi connectivity index (χ1v) is 13.1. The molecule has 0 unspecified atom stereocenters. The zero-order chi connectivity index (χ0) is 27.2. The summed E-state index contributed by atoms with van der Waals surface area (Å²) < 4.78 is 77.2. The topological polar surface area (TPSA) is 135 Å². The van der Waals surface area contributed by atoms with Gasteiger partial charge in [0.1, 0.15) is 17.0 Å². The second-order valence-corrected chi connectivity index (χ2v) is 10.1. The third-order valence-electron chi connectivity index (χ3n) is 5.60. The highest BCUT2D eigenvalue weighted by molar-refractivity contribution is 7.86. The second kappa shape index (κ2) is 9.40. The predicted octanol–water partition coefficient (Wildman–Crippen LogP) is 3.14. The highest BCUT2D eigenvalue weighted by Gasteiger charge is 2.45. The molecule has 4 aromatic rings. The number of hydrogen-bond acceptors (Lipinski definition) is 11. The first kappa shape index (κ1) is 25.7. The first-order chi connectivity index (χ1) is 18.0. The lowest BCUT2D eigenvalue weighted by Gasteiger charge is -2.13. The summed E-state index contributed by atoms with van der Waals surface area (Å²) in [7, 11) is -0.630. The molecule has 5 rings (SSSR count). The Bertz CT molecular complexity index is 1640. The van der Waals surface area contributed by atoms with Crippen molar-refractivity contribution in [3.05, 3.63) is 41.7 Å².